The van der Waals surface area contributed by atoms with Gasteiger partial charge in [-0.3, -0.25) is 0 Å². The first-order valence-electron chi connectivity index (χ1n) is 4.65. The van der Waals surface area contributed by atoms with Crippen molar-refractivity contribution in [3.05, 3.63) is 22.8 Å². The molecule has 70 valence electrons. The van der Waals surface area contributed by atoms with E-state index in [4.69, 9.17) is 11.6 Å². The lowest BCUT2D eigenvalue weighted by Crippen LogP contribution is -2.18. The smallest absolute Gasteiger partial charge is 0.131 e. The van der Waals surface area contributed by atoms with E-state index in [0.717, 1.165) is 18.9 Å². The van der Waals surface area contributed by atoms with E-state index in [2.05, 4.69) is 16.0 Å². The Morgan fingerprint density at radius 3 is 2.62 bits per heavy atom. The number of aromatic nitrogens is 1. The number of hydrogen-bond acceptors (Lipinski definition) is 2. The summed E-state index contributed by atoms with van der Waals surface area (Å²) in [6, 6.07) is 3.98. The number of pyridine rings is 1. The molecular weight excluding hydrogens is 184 g/mol. The highest BCUT2D eigenvalue weighted by Gasteiger charge is 2.13. The normalized spacial score (nSPS) is 16.6. The lowest BCUT2D eigenvalue weighted by Gasteiger charge is -2.16. The number of rotatable bonds is 1. The fourth-order valence-electron chi connectivity index (χ4n) is 1.72. The van der Waals surface area contributed by atoms with Crippen molar-refractivity contribution in [1.29, 1.82) is 0 Å². The van der Waals surface area contributed by atoms with Crippen LogP contribution in [0.1, 0.15) is 18.4 Å². The van der Waals surface area contributed by atoms with Crippen LogP contribution >= 0.6 is 11.6 Å². The molecule has 2 heterocycles. The molecule has 0 atom stereocenters. The molecule has 0 amide bonds. The maximum absolute atomic E-state index is 5.89. The summed E-state index contributed by atoms with van der Waals surface area (Å²) in [6.07, 6.45) is 2.54. The van der Waals surface area contributed by atoms with Gasteiger partial charge in [-0.05, 0) is 37.5 Å². The van der Waals surface area contributed by atoms with E-state index < -0.39 is 0 Å². The van der Waals surface area contributed by atoms with Gasteiger partial charge in [0.2, 0.25) is 0 Å². The van der Waals surface area contributed by atoms with Gasteiger partial charge in [0, 0.05) is 13.1 Å². The molecule has 1 aliphatic rings. The van der Waals surface area contributed by atoms with Crippen LogP contribution in [0.2, 0.25) is 5.15 Å². The molecule has 1 aromatic rings. The molecule has 0 N–H and O–H groups in total. The topological polar surface area (TPSA) is 16.1 Å². The molecule has 2 nitrogen and oxygen atoms in total. The lowest BCUT2D eigenvalue weighted by molar-refractivity contribution is 0.935. The standard InChI is InChI=1S/C10H13ClN2/c1-8-6-9(11)12-10(7-8)13-4-2-3-5-13/h6-7H,2-5H2,1H3. The Hall–Kier alpha value is -0.760. The Balaban J connectivity index is 2.28. The summed E-state index contributed by atoms with van der Waals surface area (Å²) in [5, 5.41) is 0.599. The largest absolute Gasteiger partial charge is 0.357 e. The van der Waals surface area contributed by atoms with E-state index in [9.17, 15) is 0 Å². The van der Waals surface area contributed by atoms with Crippen molar-refractivity contribution >= 4 is 17.4 Å². The summed E-state index contributed by atoms with van der Waals surface area (Å²) in [4.78, 5) is 6.60. The Kier molecular flexibility index (Phi) is 2.40. The van der Waals surface area contributed by atoms with Gasteiger partial charge in [0.15, 0.2) is 0 Å². The summed E-state index contributed by atoms with van der Waals surface area (Å²) in [5.74, 6) is 1.03. The summed E-state index contributed by atoms with van der Waals surface area (Å²) in [5.41, 5.74) is 1.18. The highest BCUT2D eigenvalue weighted by molar-refractivity contribution is 6.29. The third-order valence-electron chi connectivity index (χ3n) is 2.35. The van der Waals surface area contributed by atoms with Crippen molar-refractivity contribution in [2.45, 2.75) is 19.8 Å². The fourth-order valence-corrected chi connectivity index (χ4v) is 1.97. The average Bonchev–Trinajstić information content (AvgIpc) is 2.53. The predicted octanol–water partition coefficient (Wildman–Crippen LogP) is 2.64. The Bertz CT molecular complexity index is 286. The van der Waals surface area contributed by atoms with Crippen molar-refractivity contribution in [2.75, 3.05) is 18.0 Å². The van der Waals surface area contributed by atoms with Crippen LogP contribution in [0.25, 0.3) is 0 Å². The number of aryl methyl sites for hydroxylation is 1. The zero-order valence-corrected chi connectivity index (χ0v) is 8.51. The minimum atomic E-state index is 0.599. The minimum Gasteiger partial charge on any atom is -0.357 e. The predicted molar refractivity (Wildman–Crippen MR) is 55.4 cm³/mol. The van der Waals surface area contributed by atoms with Crippen LogP contribution in [0.5, 0.6) is 0 Å². The third-order valence-corrected chi connectivity index (χ3v) is 2.55. The Labute approximate surface area is 83.5 Å². The second-order valence-electron chi connectivity index (χ2n) is 3.52. The molecule has 1 fully saturated rings. The van der Waals surface area contributed by atoms with Gasteiger partial charge in [-0.1, -0.05) is 11.6 Å². The molecule has 1 aromatic heterocycles. The number of nitrogens with zero attached hydrogens (tertiary/aromatic N) is 2. The first-order valence-corrected chi connectivity index (χ1v) is 5.02. The first kappa shape index (κ1) is 8.82. The van der Waals surface area contributed by atoms with Crippen LogP contribution in [-0.4, -0.2) is 18.1 Å². The van der Waals surface area contributed by atoms with Crippen LogP contribution in [-0.2, 0) is 0 Å². The van der Waals surface area contributed by atoms with E-state index in [0.29, 0.717) is 5.15 Å². The van der Waals surface area contributed by atoms with Crippen LogP contribution in [0.15, 0.2) is 12.1 Å². The minimum absolute atomic E-state index is 0.599. The molecular formula is C10H13ClN2. The monoisotopic (exact) mass is 196 g/mol. The highest BCUT2D eigenvalue weighted by atomic mass is 35.5. The molecule has 1 aliphatic heterocycles. The van der Waals surface area contributed by atoms with Gasteiger partial charge in [0.1, 0.15) is 11.0 Å². The van der Waals surface area contributed by atoms with Crippen LogP contribution in [0.3, 0.4) is 0 Å². The molecule has 2 rings (SSSR count). The van der Waals surface area contributed by atoms with Crippen molar-refractivity contribution in [3.8, 4) is 0 Å². The van der Waals surface area contributed by atoms with Gasteiger partial charge < -0.3 is 4.90 Å². The van der Waals surface area contributed by atoms with E-state index in [1.165, 1.54) is 18.4 Å². The quantitative estimate of drug-likeness (QED) is 0.642. The molecule has 0 saturated carbocycles. The van der Waals surface area contributed by atoms with Gasteiger partial charge in [0.25, 0.3) is 0 Å². The summed E-state index contributed by atoms with van der Waals surface area (Å²) < 4.78 is 0. The van der Waals surface area contributed by atoms with Gasteiger partial charge >= 0.3 is 0 Å². The molecule has 13 heavy (non-hydrogen) atoms. The van der Waals surface area contributed by atoms with Gasteiger partial charge in [-0.25, -0.2) is 4.98 Å². The van der Waals surface area contributed by atoms with E-state index in [-0.39, 0.29) is 0 Å². The third kappa shape index (κ3) is 1.94. The van der Waals surface area contributed by atoms with Crippen LogP contribution < -0.4 is 4.90 Å². The lowest BCUT2D eigenvalue weighted by atomic mass is 10.3. The second-order valence-corrected chi connectivity index (χ2v) is 3.91. The molecule has 0 aromatic carbocycles. The van der Waals surface area contributed by atoms with Crippen molar-refractivity contribution in [3.63, 3.8) is 0 Å². The van der Waals surface area contributed by atoms with Crippen LogP contribution in [0.4, 0.5) is 5.82 Å². The zero-order valence-electron chi connectivity index (χ0n) is 7.76. The van der Waals surface area contributed by atoms with E-state index in [1.54, 1.807) is 0 Å². The molecule has 0 radical (unpaired) electrons. The molecule has 0 bridgehead atoms. The highest BCUT2D eigenvalue weighted by Crippen LogP contribution is 2.21. The zero-order chi connectivity index (χ0) is 9.26. The van der Waals surface area contributed by atoms with Gasteiger partial charge in [-0.15, -0.1) is 0 Å². The molecule has 0 aliphatic carbocycles. The second kappa shape index (κ2) is 3.54. The number of anilines is 1. The van der Waals surface area contributed by atoms with Gasteiger partial charge in [-0.2, -0.15) is 0 Å². The Morgan fingerprint density at radius 2 is 2.00 bits per heavy atom. The summed E-state index contributed by atoms with van der Waals surface area (Å²) >= 11 is 5.89. The van der Waals surface area contributed by atoms with Crippen LogP contribution in [0, 0.1) is 6.92 Å². The molecule has 0 spiro atoms. The van der Waals surface area contributed by atoms with E-state index in [1.807, 2.05) is 13.0 Å². The average molecular weight is 197 g/mol. The van der Waals surface area contributed by atoms with E-state index >= 15 is 0 Å². The maximum Gasteiger partial charge on any atom is 0.131 e. The Morgan fingerprint density at radius 1 is 1.31 bits per heavy atom. The van der Waals surface area contributed by atoms with Crippen molar-refractivity contribution in [2.24, 2.45) is 0 Å². The fraction of sp³-hybridized carbons (Fsp3) is 0.500. The SMILES string of the molecule is Cc1cc(Cl)nc(N2CCCC2)c1. The maximum atomic E-state index is 5.89. The van der Waals surface area contributed by atoms with Gasteiger partial charge in [0.05, 0.1) is 0 Å². The summed E-state index contributed by atoms with van der Waals surface area (Å²) in [6.45, 7) is 4.28. The molecule has 0 unspecified atom stereocenters. The number of halogens is 1. The van der Waals surface area contributed by atoms with Crippen molar-refractivity contribution < 1.29 is 0 Å². The summed E-state index contributed by atoms with van der Waals surface area (Å²) in [7, 11) is 0. The number of hydrogen-bond donors (Lipinski definition) is 0. The van der Waals surface area contributed by atoms with Crippen molar-refractivity contribution in [1.82, 2.24) is 4.98 Å². The molecule has 1 saturated heterocycles. The molecule has 3 heteroatoms. The first-order chi connectivity index (χ1) is 6.25.